The molecule has 2 N–H and O–H groups in total. The summed E-state index contributed by atoms with van der Waals surface area (Å²) in [6.45, 7) is 3.03. The molecule has 5 nitrogen and oxygen atoms in total. The number of hydrogen-bond donors (Lipinski definition) is 2. The average molecular weight is 269 g/mol. The normalized spacial score (nSPS) is 12.6. The lowest BCUT2D eigenvalue weighted by atomic mass is 10.1. The van der Waals surface area contributed by atoms with Crippen LogP contribution in [0.5, 0.6) is 0 Å². The summed E-state index contributed by atoms with van der Waals surface area (Å²) < 4.78 is 41.8. The Balaban J connectivity index is 4.27. The van der Waals surface area contributed by atoms with Gasteiger partial charge in [0.05, 0.1) is 0 Å². The molecule has 1 unspecified atom stereocenters. The van der Waals surface area contributed by atoms with Crippen LogP contribution in [0.1, 0.15) is 19.3 Å². The Kier molecular flexibility index (Phi) is 6.84. The summed E-state index contributed by atoms with van der Waals surface area (Å²) in [4.78, 5) is 21.1. The van der Waals surface area contributed by atoms with Crippen molar-refractivity contribution in [3.8, 4) is 0 Å². The second-order valence-electron chi connectivity index (χ2n) is 3.41. The van der Waals surface area contributed by atoms with Gasteiger partial charge in [0.1, 0.15) is 12.6 Å². The smallest absolute Gasteiger partial charge is 0.408 e. The Morgan fingerprint density at radius 1 is 1.44 bits per heavy atom. The fourth-order valence-electron chi connectivity index (χ4n) is 1.09. The van der Waals surface area contributed by atoms with Gasteiger partial charge in [0.2, 0.25) is 0 Å². The number of nitrogens with one attached hydrogen (secondary N) is 1. The Morgan fingerprint density at radius 2 is 2.06 bits per heavy atom. The van der Waals surface area contributed by atoms with E-state index in [1.54, 1.807) is 5.32 Å². The van der Waals surface area contributed by atoms with Gasteiger partial charge in [-0.05, 0) is 12.8 Å². The highest BCUT2D eigenvalue weighted by Crippen LogP contribution is 2.24. The van der Waals surface area contributed by atoms with Crippen molar-refractivity contribution >= 4 is 12.1 Å². The predicted octanol–water partition coefficient (Wildman–Crippen LogP) is 2.08. The van der Waals surface area contributed by atoms with Crippen LogP contribution in [0.4, 0.5) is 18.0 Å². The standard InChI is InChI=1S/C10H14F3NO4/c1-2-6-18-9(17)14-7(10(11,12)13)4-3-5-8(15)16/h2,7H,1,3-6H2,(H,14,17)(H,15,16). The van der Waals surface area contributed by atoms with Gasteiger partial charge in [-0.1, -0.05) is 12.7 Å². The molecule has 0 radical (unpaired) electrons. The third-order valence-electron chi connectivity index (χ3n) is 1.90. The lowest BCUT2D eigenvalue weighted by molar-refractivity contribution is -0.156. The van der Waals surface area contributed by atoms with Gasteiger partial charge in [0.25, 0.3) is 0 Å². The SMILES string of the molecule is C=CCOC(=O)NC(CCCC(=O)O)C(F)(F)F. The summed E-state index contributed by atoms with van der Waals surface area (Å²) in [5, 5.41) is 9.96. The number of rotatable bonds is 7. The van der Waals surface area contributed by atoms with Crippen molar-refractivity contribution in [3.05, 3.63) is 12.7 Å². The van der Waals surface area contributed by atoms with Gasteiger partial charge < -0.3 is 15.2 Å². The van der Waals surface area contributed by atoms with Crippen LogP contribution in [0.2, 0.25) is 0 Å². The molecule has 0 bridgehead atoms. The van der Waals surface area contributed by atoms with Crippen LogP contribution in [0, 0.1) is 0 Å². The molecule has 0 rings (SSSR count). The highest BCUT2D eigenvalue weighted by atomic mass is 19.4. The summed E-state index contributed by atoms with van der Waals surface area (Å²) in [5.41, 5.74) is 0. The summed E-state index contributed by atoms with van der Waals surface area (Å²) in [7, 11) is 0. The first-order valence-electron chi connectivity index (χ1n) is 5.10. The Bertz CT molecular complexity index is 304. The number of halogens is 3. The van der Waals surface area contributed by atoms with E-state index < -0.39 is 37.1 Å². The molecule has 0 saturated heterocycles. The van der Waals surface area contributed by atoms with Crippen molar-refractivity contribution in [1.29, 1.82) is 0 Å². The van der Waals surface area contributed by atoms with Crippen molar-refractivity contribution in [3.63, 3.8) is 0 Å². The van der Waals surface area contributed by atoms with Crippen LogP contribution in [-0.4, -0.2) is 36.0 Å². The molecule has 0 aliphatic rings. The maximum atomic E-state index is 12.5. The van der Waals surface area contributed by atoms with Crippen LogP contribution in [0.3, 0.4) is 0 Å². The third-order valence-corrected chi connectivity index (χ3v) is 1.90. The van der Waals surface area contributed by atoms with Crippen LogP contribution >= 0.6 is 0 Å². The molecule has 0 aromatic heterocycles. The molecular formula is C10H14F3NO4. The zero-order chi connectivity index (χ0) is 14.2. The first kappa shape index (κ1) is 16.3. The molecule has 0 spiro atoms. The van der Waals surface area contributed by atoms with Crippen molar-refractivity contribution < 1.29 is 32.6 Å². The quantitative estimate of drug-likeness (QED) is 0.694. The highest BCUT2D eigenvalue weighted by Gasteiger charge is 2.40. The Morgan fingerprint density at radius 3 is 2.50 bits per heavy atom. The van der Waals surface area contributed by atoms with Gasteiger partial charge in [-0.15, -0.1) is 0 Å². The molecule has 0 heterocycles. The molecule has 104 valence electrons. The van der Waals surface area contributed by atoms with E-state index in [1.807, 2.05) is 0 Å². The molecule has 0 saturated carbocycles. The van der Waals surface area contributed by atoms with E-state index in [4.69, 9.17) is 5.11 Å². The molecule has 0 aromatic carbocycles. The fourth-order valence-corrected chi connectivity index (χ4v) is 1.09. The number of hydrogen-bond acceptors (Lipinski definition) is 3. The van der Waals surface area contributed by atoms with Crippen LogP contribution < -0.4 is 5.32 Å². The number of aliphatic carboxylic acids is 1. The molecular weight excluding hydrogens is 255 g/mol. The molecule has 8 heteroatoms. The number of ether oxygens (including phenoxy) is 1. The molecule has 0 aromatic rings. The van der Waals surface area contributed by atoms with Gasteiger partial charge in [-0.25, -0.2) is 4.79 Å². The lowest BCUT2D eigenvalue weighted by Crippen LogP contribution is -2.45. The van der Waals surface area contributed by atoms with Gasteiger partial charge in [-0.3, -0.25) is 4.79 Å². The van der Waals surface area contributed by atoms with E-state index in [0.29, 0.717) is 0 Å². The second-order valence-corrected chi connectivity index (χ2v) is 3.41. The number of amides is 1. The van der Waals surface area contributed by atoms with E-state index >= 15 is 0 Å². The summed E-state index contributed by atoms with van der Waals surface area (Å²) in [6, 6.07) is -2.12. The minimum absolute atomic E-state index is 0.193. The van der Waals surface area contributed by atoms with Crippen molar-refractivity contribution in [2.45, 2.75) is 31.5 Å². The monoisotopic (exact) mass is 269 g/mol. The largest absolute Gasteiger partial charge is 0.481 e. The maximum Gasteiger partial charge on any atom is 0.408 e. The van der Waals surface area contributed by atoms with Gasteiger partial charge in [0.15, 0.2) is 0 Å². The third kappa shape index (κ3) is 7.53. The zero-order valence-electron chi connectivity index (χ0n) is 9.50. The van der Waals surface area contributed by atoms with E-state index in [9.17, 15) is 22.8 Å². The zero-order valence-corrected chi connectivity index (χ0v) is 9.50. The summed E-state index contributed by atoms with van der Waals surface area (Å²) in [5.74, 6) is -1.19. The highest BCUT2D eigenvalue weighted by molar-refractivity contribution is 5.68. The molecule has 1 amide bonds. The van der Waals surface area contributed by atoms with Crippen LogP contribution in [0.25, 0.3) is 0 Å². The fraction of sp³-hybridized carbons (Fsp3) is 0.600. The maximum absolute atomic E-state index is 12.5. The second kappa shape index (κ2) is 7.57. The Hall–Kier alpha value is -1.73. The predicted molar refractivity (Wildman–Crippen MR) is 56.0 cm³/mol. The van der Waals surface area contributed by atoms with Gasteiger partial charge in [0, 0.05) is 6.42 Å². The topological polar surface area (TPSA) is 75.6 Å². The molecule has 0 fully saturated rings. The molecule has 18 heavy (non-hydrogen) atoms. The molecule has 0 aliphatic heterocycles. The number of carboxylic acid groups (broad SMARTS) is 1. The number of carbonyl (C=O) groups excluding carboxylic acids is 1. The van der Waals surface area contributed by atoms with E-state index in [-0.39, 0.29) is 13.0 Å². The van der Waals surface area contributed by atoms with Crippen LogP contribution in [-0.2, 0) is 9.53 Å². The van der Waals surface area contributed by atoms with Crippen molar-refractivity contribution in [2.75, 3.05) is 6.61 Å². The minimum atomic E-state index is -4.65. The minimum Gasteiger partial charge on any atom is -0.481 e. The first-order chi connectivity index (χ1) is 8.27. The van der Waals surface area contributed by atoms with E-state index in [2.05, 4.69) is 11.3 Å². The van der Waals surface area contributed by atoms with Crippen LogP contribution in [0.15, 0.2) is 12.7 Å². The number of alkyl carbamates (subject to hydrolysis) is 1. The molecule has 0 aliphatic carbocycles. The Labute approximate surface area is 102 Å². The van der Waals surface area contributed by atoms with E-state index in [0.717, 1.165) is 0 Å². The van der Waals surface area contributed by atoms with Crippen molar-refractivity contribution in [2.24, 2.45) is 0 Å². The number of alkyl halides is 3. The van der Waals surface area contributed by atoms with Gasteiger partial charge >= 0.3 is 18.2 Å². The summed E-state index contributed by atoms with van der Waals surface area (Å²) in [6.07, 6.45) is -5.75. The lowest BCUT2D eigenvalue weighted by Gasteiger charge is -2.20. The van der Waals surface area contributed by atoms with Crippen molar-refractivity contribution in [1.82, 2.24) is 5.32 Å². The summed E-state index contributed by atoms with van der Waals surface area (Å²) >= 11 is 0. The number of carboxylic acids is 1. The molecule has 1 atom stereocenters. The average Bonchev–Trinajstić information content (AvgIpc) is 2.23. The first-order valence-corrected chi connectivity index (χ1v) is 5.10. The number of carbonyl (C=O) groups is 2. The van der Waals surface area contributed by atoms with Gasteiger partial charge in [-0.2, -0.15) is 13.2 Å². The van der Waals surface area contributed by atoms with E-state index in [1.165, 1.54) is 6.08 Å².